The van der Waals surface area contributed by atoms with Crippen LogP contribution in [0, 0.1) is 0 Å². The zero-order chi connectivity index (χ0) is 23.9. The van der Waals surface area contributed by atoms with Crippen LogP contribution >= 0.6 is 0 Å². The van der Waals surface area contributed by atoms with Crippen LogP contribution in [-0.2, 0) is 14.1 Å². The Balaban J connectivity index is 1.39. The van der Waals surface area contributed by atoms with Crippen LogP contribution in [0.4, 0.5) is 0 Å². The van der Waals surface area contributed by atoms with Crippen LogP contribution in [0.25, 0.3) is 54.1 Å². The molecule has 3 heteroatoms. The fourth-order valence-electron chi connectivity index (χ4n) is 5.86. The van der Waals surface area contributed by atoms with Gasteiger partial charge in [-0.2, -0.15) is 0 Å². The molecule has 0 unspecified atom stereocenters. The second kappa shape index (κ2) is 8.96. The zero-order valence-corrected chi connectivity index (χ0v) is 21.1. The summed E-state index contributed by atoms with van der Waals surface area (Å²) in [6, 6.07) is 22.6. The lowest BCUT2D eigenvalue weighted by Gasteiger charge is -2.11. The highest BCUT2D eigenvalue weighted by Crippen LogP contribution is 2.38. The Hall–Kier alpha value is -3.46. The first kappa shape index (κ1) is 22.0. The molecule has 0 aliphatic rings. The van der Waals surface area contributed by atoms with Crippen LogP contribution in [-0.4, -0.2) is 15.7 Å². The minimum absolute atomic E-state index is 0.788. The lowest BCUT2D eigenvalue weighted by molar-refractivity contribution is 0.285. The summed E-state index contributed by atoms with van der Waals surface area (Å²) in [5.41, 5.74) is 2.55. The molecule has 6 aromatic rings. The summed E-state index contributed by atoms with van der Waals surface area (Å²) in [5.74, 6) is 0.964. The van der Waals surface area contributed by atoms with Crippen LogP contribution in [0.1, 0.15) is 45.4 Å². The minimum atomic E-state index is 0.788. The molecule has 3 nitrogen and oxygen atoms in total. The topological polar surface area (TPSA) is 19.1 Å². The predicted molar refractivity (Wildman–Crippen MR) is 151 cm³/mol. The van der Waals surface area contributed by atoms with E-state index in [1.54, 1.807) is 0 Å². The molecule has 0 radical (unpaired) electrons. The summed E-state index contributed by atoms with van der Waals surface area (Å²) in [7, 11) is 4.26. The van der Waals surface area contributed by atoms with Gasteiger partial charge in [-0.25, -0.2) is 0 Å². The average Bonchev–Trinajstić information content (AvgIpc) is 3.42. The molecule has 4 aromatic carbocycles. The van der Waals surface area contributed by atoms with E-state index in [0.29, 0.717) is 0 Å². The molecule has 0 aliphatic heterocycles. The summed E-state index contributed by atoms with van der Waals surface area (Å²) in [5, 5.41) is 10.4. The van der Waals surface area contributed by atoms with Gasteiger partial charge in [-0.05, 0) is 34.0 Å². The second-order valence-corrected chi connectivity index (χ2v) is 10.0. The zero-order valence-electron chi connectivity index (χ0n) is 21.1. The fraction of sp³-hybridized carbons (Fsp3) is 0.312. The number of ether oxygens (including phenoxy) is 1. The Morgan fingerprint density at radius 3 is 1.91 bits per heavy atom. The van der Waals surface area contributed by atoms with Gasteiger partial charge in [-0.3, -0.25) is 0 Å². The molecule has 2 aromatic heterocycles. The van der Waals surface area contributed by atoms with Crippen molar-refractivity contribution in [3.63, 3.8) is 0 Å². The Bertz CT molecular complexity index is 1680. The fourth-order valence-corrected chi connectivity index (χ4v) is 5.86. The van der Waals surface area contributed by atoms with Gasteiger partial charge >= 0.3 is 0 Å². The average molecular weight is 463 g/mol. The third-order valence-corrected chi connectivity index (χ3v) is 7.72. The van der Waals surface area contributed by atoms with E-state index in [-0.39, 0.29) is 0 Å². The molecule has 0 aliphatic carbocycles. The van der Waals surface area contributed by atoms with Crippen LogP contribution in [0.2, 0.25) is 0 Å². The van der Waals surface area contributed by atoms with E-state index in [0.717, 1.165) is 18.9 Å². The standard InChI is InChI=1S/C32H34N2O/c1-4-5-6-7-8-9-20-35-30-21-23-11-13-27-25-14-16-28-26(12-10-22-18-19-33(2)31(22)28)24(25)15-17-29(27)32(23)34(30)3/h10-19,21H,4-9,20H2,1-3H3. The Morgan fingerprint density at radius 1 is 0.600 bits per heavy atom. The number of hydrogen-bond donors (Lipinski definition) is 0. The maximum absolute atomic E-state index is 6.23. The van der Waals surface area contributed by atoms with E-state index in [2.05, 4.69) is 97.0 Å². The smallest absolute Gasteiger partial charge is 0.194 e. The van der Waals surface area contributed by atoms with Gasteiger partial charge in [-0.1, -0.05) is 87.6 Å². The molecule has 0 atom stereocenters. The third kappa shape index (κ3) is 3.65. The van der Waals surface area contributed by atoms with Crippen molar-refractivity contribution in [2.24, 2.45) is 14.1 Å². The first-order valence-corrected chi connectivity index (χ1v) is 13.1. The number of rotatable bonds is 8. The highest BCUT2D eigenvalue weighted by molar-refractivity contribution is 6.24. The minimum Gasteiger partial charge on any atom is -0.479 e. The molecule has 0 saturated carbocycles. The van der Waals surface area contributed by atoms with Gasteiger partial charge in [0.25, 0.3) is 0 Å². The van der Waals surface area contributed by atoms with Gasteiger partial charge in [0.15, 0.2) is 5.88 Å². The number of aryl methyl sites for hydroxylation is 2. The molecule has 0 saturated heterocycles. The van der Waals surface area contributed by atoms with Crippen molar-refractivity contribution in [3.05, 3.63) is 66.9 Å². The second-order valence-electron chi connectivity index (χ2n) is 10.0. The van der Waals surface area contributed by atoms with E-state index in [4.69, 9.17) is 4.74 Å². The van der Waals surface area contributed by atoms with Crippen molar-refractivity contribution < 1.29 is 4.74 Å². The van der Waals surface area contributed by atoms with Gasteiger partial charge < -0.3 is 13.9 Å². The van der Waals surface area contributed by atoms with Gasteiger partial charge in [-0.15, -0.1) is 0 Å². The third-order valence-electron chi connectivity index (χ3n) is 7.72. The highest BCUT2D eigenvalue weighted by Gasteiger charge is 2.14. The molecule has 0 spiro atoms. The molecule has 35 heavy (non-hydrogen) atoms. The van der Waals surface area contributed by atoms with Crippen LogP contribution in [0.3, 0.4) is 0 Å². The highest BCUT2D eigenvalue weighted by atomic mass is 16.5. The summed E-state index contributed by atoms with van der Waals surface area (Å²) in [4.78, 5) is 0. The molecular weight excluding hydrogens is 428 g/mol. The number of unbranched alkanes of at least 4 members (excludes halogenated alkanes) is 5. The molecule has 0 amide bonds. The van der Waals surface area contributed by atoms with E-state index >= 15 is 0 Å². The number of hydrogen-bond acceptors (Lipinski definition) is 1. The number of aromatic nitrogens is 2. The SMILES string of the molecule is CCCCCCCCOc1cc2ccc3c4ccc5c(ccc6ccn(C)c65)c4ccc3c2n1C. The van der Waals surface area contributed by atoms with Gasteiger partial charge in [0.1, 0.15) is 0 Å². The molecule has 0 N–H and O–H groups in total. The van der Waals surface area contributed by atoms with Crippen molar-refractivity contribution in [1.82, 2.24) is 9.13 Å². The first-order chi connectivity index (χ1) is 17.2. The van der Waals surface area contributed by atoms with E-state index in [1.807, 2.05) is 0 Å². The van der Waals surface area contributed by atoms with E-state index < -0.39 is 0 Å². The van der Waals surface area contributed by atoms with Crippen LogP contribution < -0.4 is 4.74 Å². The summed E-state index contributed by atoms with van der Waals surface area (Å²) < 4.78 is 10.7. The van der Waals surface area contributed by atoms with Crippen molar-refractivity contribution in [1.29, 1.82) is 0 Å². The van der Waals surface area contributed by atoms with Crippen LogP contribution in [0.5, 0.6) is 5.88 Å². The largest absolute Gasteiger partial charge is 0.479 e. The number of fused-ring (bicyclic) bond motifs is 9. The lowest BCUT2D eigenvalue weighted by atomic mass is 9.95. The van der Waals surface area contributed by atoms with Crippen molar-refractivity contribution in [2.75, 3.05) is 6.61 Å². The van der Waals surface area contributed by atoms with Crippen LogP contribution in [0.15, 0.2) is 66.9 Å². The Morgan fingerprint density at radius 2 is 1.17 bits per heavy atom. The molecular formula is C32H34N2O. The summed E-state index contributed by atoms with van der Waals surface area (Å²) in [6.07, 6.45) is 9.82. The van der Waals surface area contributed by atoms with Crippen molar-refractivity contribution in [3.8, 4) is 5.88 Å². The number of nitrogens with zero attached hydrogens (tertiary/aromatic N) is 2. The normalized spacial score (nSPS) is 12.1. The van der Waals surface area contributed by atoms with Crippen molar-refractivity contribution >= 4 is 54.1 Å². The van der Waals surface area contributed by atoms with Gasteiger partial charge in [0.05, 0.1) is 17.6 Å². The lowest BCUT2D eigenvalue weighted by Crippen LogP contribution is -2.01. The number of benzene rings is 4. The Labute approximate surface area is 206 Å². The summed E-state index contributed by atoms with van der Waals surface area (Å²) in [6.45, 7) is 3.05. The van der Waals surface area contributed by atoms with E-state index in [9.17, 15) is 0 Å². The maximum Gasteiger partial charge on any atom is 0.194 e. The molecule has 2 heterocycles. The quantitative estimate of drug-likeness (QED) is 0.163. The molecule has 0 fully saturated rings. The van der Waals surface area contributed by atoms with Crippen molar-refractivity contribution in [2.45, 2.75) is 45.4 Å². The first-order valence-electron chi connectivity index (χ1n) is 13.1. The molecule has 6 rings (SSSR count). The molecule has 0 bridgehead atoms. The maximum atomic E-state index is 6.23. The van der Waals surface area contributed by atoms with E-state index in [1.165, 1.54) is 86.2 Å². The monoisotopic (exact) mass is 462 g/mol. The predicted octanol–water partition coefficient (Wildman–Crippen LogP) is 8.87. The van der Waals surface area contributed by atoms with Gasteiger partial charge in [0, 0.05) is 47.9 Å². The summed E-state index contributed by atoms with van der Waals surface area (Å²) >= 11 is 0. The molecule has 178 valence electrons. The Kier molecular flexibility index (Phi) is 5.64. The van der Waals surface area contributed by atoms with Gasteiger partial charge in [0.2, 0.25) is 0 Å².